The van der Waals surface area contributed by atoms with Crippen LogP contribution in [0.1, 0.15) is 39.5 Å². The van der Waals surface area contributed by atoms with Crippen LogP contribution in [0.25, 0.3) is 0 Å². The maximum absolute atomic E-state index is 5.34. The lowest BCUT2D eigenvalue weighted by Gasteiger charge is -2.37. The molecule has 1 N–H and O–H groups in total. The molecule has 4 heteroatoms. The smallest absolute Gasteiger partial charge is 0.0615 e. The Hall–Kier alpha value is -0.160. The molecule has 0 bridgehead atoms. The number of methoxy groups -OCH3 is 2. The highest BCUT2D eigenvalue weighted by Gasteiger charge is 2.33. The molecule has 0 aliphatic heterocycles. The number of hydrogen-bond donors (Lipinski definition) is 1. The van der Waals surface area contributed by atoms with Crippen LogP contribution in [-0.2, 0) is 9.47 Å². The highest BCUT2D eigenvalue weighted by Crippen LogP contribution is 2.26. The molecule has 0 amide bonds. The molecule has 3 atom stereocenters. The van der Waals surface area contributed by atoms with Crippen molar-refractivity contribution in [1.29, 1.82) is 0 Å². The first-order chi connectivity index (χ1) is 9.24. The van der Waals surface area contributed by atoms with E-state index in [-0.39, 0.29) is 0 Å². The average Bonchev–Trinajstić information content (AvgIpc) is 2.85. The zero-order chi connectivity index (χ0) is 14.1. The van der Waals surface area contributed by atoms with Gasteiger partial charge < -0.3 is 14.8 Å². The van der Waals surface area contributed by atoms with Crippen molar-refractivity contribution >= 4 is 0 Å². The average molecular weight is 272 g/mol. The van der Waals surface area contributed by atoms with Crippen LogP contribution in [0.2, 0.25) is 0 Å². The molecular weight excluding hydrogens is 240 g/mol. The van der Waals surface area contributed by atoms with Crippen LogP contribution in [0.4, 0.5) is 0 Å². The van der Waals surface area contributed by atoms with Crippen molar-refractivity contribution in [2.75, 3.05) is 40.5 Å². The van der Waals surface area contributed by atoms with Gasteiger partial charge in [-0.15, -0.1) is 0 Å². The third-order valence-electron chi connectivity index (χ3n) is 4.09. The summed E-state index contributed by atoms with van der Waals surface area (Å²) in [6, 6.07) is 1.72. The van der Waals surface area contributed by atoms with E-state index < -0.39 is 0 Å². The van der Waals surface area contributed by atoms with E-state index in [1.54, 1.807) is 14.2 Å². The van der Waals surface area contributed by atoms with Crippen LogP contribution in [0.3, 0.4) is 0 Å². The van der Waals surface area contributed by atoms with Gasteiger partial charge in [-0.05, 0) is 32.7 Å². The highest BCUT2D eigenvalue weighted by atomic mass is 16.5. The summed E-state index contributed by atoms with van der Waals surface area (Å²) in [6.07, 6.45) is 5.12. The summed E-state index contributed by atoms with van der Waals surface area (Å²) < 4.78 is 10.6. The van der Waals surface area contributed by atoms with E-state index in [1.165, 1.54) is 25.7 Å². The lowest BCUT2D eigenvalue weighted by Crippen LogP contribution is -2.52. The molecule has 3 unspecified atom stereocenters. The third kappa shape index (κ3) is 5.38. The molecule has 1 saturated carbocycles. The summed E-state index contributed by atoms with van der Waals surface area (Å²) >= 11 is 0. The fourth-order valence-electron chi connectivity index (χ4n) is 3.15. The normalized spacial score (nSPS) is 25.1. The zero-order valence-electron chi connectivity index (χ0n) is 13.2. The minimum absolute atomic E-state index is 0.453. The Bertz CT molecular complexity index is 226. The van der Waals surface area contributed by atoms with Crippen molar-refractivity contribution in [3.63, 3.8) is 0 Å². The number of ether oxygens (including phenoxy) is 2. The van der Waals surface area contributed by atoms with Crippen molar-refractivity contribution in [3.8, 4) is 0 Å². The van der Waals surface area contributed by atoms with Crippen LogP contribution in [0.15, 0.2) is 0 Å². The molecular formula is C15H32N2O2. The van der Waals surface area contributed by atoms with Gasteiger partial charge >= 0.3 is 0 Å². The third-order valence-corrected chi connectivity index (χ3v) is 4.09. The molecule has 19 heavy (non-hydrogen) atoms. The second-order valence-corrected chi connectivity index (χ2v) is 5.59. The first-order valence-electron chi connectivity index (χ1n) is 7.71. The van der Waals surface area contributed by atoms with Gasteiger partial charge in [-0.3, -0.25) is 4.90 Å². The Kier molecular flexibility index (Phi) is 8.62. The predicted molar refractivity (Wildman–Crippen MR) is 79.6 cm³/mol. The van der Waals surface area contributed by atoms with Gasteiger partial charge in [0.2, 0.25) is 0 Å². The monoisotopic (exact) mass is 272 g/mol. The standard InChI is InChI=1S/C15H32N2O2/c1-5-9-16-14-7-6-8-15(14)17(10-11-18-3)13(2)12-19-4/h13-16H,5-12H2,1-4H3. The van der Waals surface area contributed by atoms with E-state index in [9.17, 15) is 0 Å². The van der Waals surface area contributed by atoms with Gasteiger partial charge in [0.15, 0.2) is 0 Å². The van der Waals surface area contributed by atoms with E-state index in [0.29, 0.717) is 18.1 Å². The Labute approximate surface area is 118 Å². The summed E-state index contributed by atoms with van der Waals surface area (Å²) in [4.78, 5) is 2.58. The fourth-order valence-corrected chi connectivity index (χ4v) is 3.15. The minimum Gasteiger partial charge on any atom is -0.383 e. The van der Waals surface area contributed by atoms with Crippen molar-refractivity contribution in [2.24, 2.45) is 0 Å². The molecule has 0 aromatic carbocycles. The van der Waals surface area contributed by atoms with Crippen LogP contribution in [0.5, 0.6) is 0 Å². The molecule has 0 spiro atoms. The maximum Gasteiger partial charge on any atom is 0.0615 e. The second-order valence-electron chi connectivity index (χ2n) is 5.59. The van der Waals surface area contributed by atoms with E-state index in [1.807, 2.05) is 0 Å². The molecule has 0 aromatic heterocycles. The number of nitrogens with zero attached hydrogens (tertiary/aromatic N) is 1. The summed E-state index contributed by atoms with van der Waals surface area (Å²) in [6.45, 7) is 8.20. The second kappa shape index (κ2) is 9.70. The van der Waals surface area contributed by atoms with Gasteiger partial charge in [-0.2, -0.15) is 0 Å². The van der Waals surface area contributed by atoms with E-state index >= 15 is 0 Å². The summed E-state index contributed by atoms with van der Waals surface area (Å²) in [5.41, 5.74) is 0. The molecule has 0 saturated heterocycles. The quantitative estimate of drug-likeness (QED) is 0.658. The molecule has 0 aromatic rings. The van der Waals surface area contributed by atoms with Crippen LogP contribution >= 0.6 is 0 Å². The van der Waals surface area contributed by atoms with Gasteiger partial charge in [0.1, 0.15) is 0 Å². The van der Waals surface area contributed by atoms with Crippen molar-refractivity contribution < 1.29 is 9.47 Å². The molecule has 1 fully saturated rings. The molecule has 1 rings (SSSR count). The van der Waals surface area contributed by atoms with Crippen LogP contribution in [0, 0.1) is 0 Å². The molecule has 114 valence electrons. The number of hydrogen-bond acceptors (Lipinski definition) is 4. The Morgan fingerprint density at radius 3 is 2.68 bits per heavy atom. The highest BCUT2D eigenvalue weighted by molar-refractivity contribution is 4.92. The van der Waals surface area contributed by atoms with Gasteiger partial charge in [0.25, 0.3) is 0 Å². The summed E-state index contributed by atoms with van der Waals surface area (Å²) in [5, 5.41) is 3.71. The Balaban J connectivity index is 2.60. The van der Waals surface area contributed by atoms with Gasteiger partial charge in [0, 0.05) is 38.9 Å². The van der Waals surface area contributed by atoms with E-state index in [2.05, 4.69) is 24.1 Å². The Morgan fingerprint density at radius 2 is 2.05 bits per heavy atom. The Morgan fingerprint density at radius 1 is 1.26 bits per heavy atom. The van der Waals surface area contributed by atoms with Crippen LogP contribution in [-0.4, -0.2) is 63.5 Å². The van der Waals surface area contributed by atoms with Crippen molar-refractivity contribution in [1.82, 2.24) is 10.2 Å². The largest absolute Gasteiger partial charge is 0.383 e. The molecule has 0 heterocycles. The molecule has 0 radical (unpaired) electrons. The number of nitrogens with one attached hydrogen (secondary N) is 1. The first kappa shape index (κ1) is 16.9. The van der Waals surface area contributed by atoms with Crippen LogP contribution < -0.4 is 5.32 Å². The van der Waals surface area contributed by atoms with Gasteiger partial charge in [-0.25, -0.2) is 0 Å². The SMILES string of the molecule is CCCNC1CCCC1N(CCOC)C(C)COC. The zero-order valence-corrected chi connectivity index (χ0v) is 13.2. The lowest BCUT2D eigenvalue weighted by molar-refractivity contribution is 0.0408. The van der Waals surface area contributed by atoms with Crippen molar-refractivity contribution in [3.05, 3.63) is 0 Å². The van der Waals surface area contributed by atoms with Gasteiger partial charge in [-0.1, -0.05) is 13.3 Å². The predicted octanol–water partition coefficient (Wildman–Crippen LogP) is 1.89. The topological polar surface area (TPSA) is 33.7 Å². The first-order valence-corrected chi connectivity index (χ1v) is 7.71. The maximum atomic E-state index is 5.34. The minimum atomic E-state index is 0.453. The summed E-state index contributed by atoms with van der Waals surface area (Å²) in [5.74, 6) is 0. The lowest BCUT2D eigenvalue weighted by atomic mass is 10.1. The fraction of sp³-hybridized carbons (Fsp3) is 1.00. The van der Waals surface area contributed by atoms with Gasteiger partial charge in [0.05, 0.1) is 13.2 Å². The van der Waals surface area contributed by atoms with E-state index in [4.69, 9.17) is 9.47 Å². The number of rotatable bonds is 10. The van der Waals surface area contributed by atoms with Crippen molar-refractivity contribution in [2.45, 2.75) is 57.7 Å². The summed E-state index contributed by atoms with van der Waals surface area (Å²) in [7, 11) is 3.56. The molecule has 1 aliphatic carbocycles. The van der Waals surface area contributed by atoms with E-state index in [0.717, 1.165) is 26.3 Å². The molecule has 1 aliphatic rings. The molecule has 4 nitrogen and oxygen atoms in total.